The summed E-state index contributed by atoms with van der Waals surface area (Å²) in [4.78, 5) is 0. The summed E-state index contributed by atoms with van der Waals surface area (Å²) in [5, 5.41) is 13.3. The molecule has 1 aromatic carbocycles. The maximum Gasteiger partial charge on any atom is 0.196 e. The van der Waals surface area contributed by atoms with Crippen LogP contribution in [0.4, 0.5) is 5.69 Å². The van der Waals surface area contributed by atoms with Crippen LogP contribution in [0.1, 0.15) is 32.5 Å². The predicted octanol–water partition coefficient (Wildman–Crippen LogP) is 4.87. The third-order valence-electron chi connectivity index (χ3n) is 3.63. The highest BCUT2D eigenvalue weighted by atomic mass is 32.2. The average Bonchev–Trinajstić information content (AvgIpc) is 2.98. The molecule has 0 bridgehead atoms. The van der Waals surface area contributed by atoms with Gasteiger partial charge < -0.3 is 5.32 Å². The first-order valence-corrected chi connectivity index (χ1v) is 9.24. The van der Waals surface area contributed by atoms with Gasteiger partial charge in [-0.3, -0.25) is 4.57 Å². The molecular formula is C19H26N4S. The van der Waals surface area contributed by atoms with Crippen LogP contribution in [0, 0.1) is 0 Å². The minimum Gasteiger partial charge on any atom is -0.388 e. The Hall–Kier alpha value is -2.01. The van der Waals surface area contributed by atoms with Crippen LogP contribution in [-0.2, 0) is 6.42 Å². The molecule has 24 heavy (non-hydrogen) atoms. The second-order valence-electron chi connectivity index (χ2n) is 5.49. The fourth-order valence-electron chi connectivity index (χ4n) is 2.50. The number of aromatic nitrogens is 3. The molecule has 2 aromatic rings. The Labute approximate surface area is 149 Å². The molecule has 1 atom stereocenters. The topological polar surface area (TPSA) is 42.7 Å². The van der Waals surface area contributed by atoms with Crippen LogP contribution in [0.3, 0.4) is 0 Å². The molecule has 4 nitrogen and oxygen atoms in total. The summed E-state index contributed by atoms with van der Waals surface area (Å²) in [5.74, 6) is 1.01. The predicted molar refractivity (Wildman–Crippen MR) is 104 cm³/mol. The monoisotopic (exact) mass is 342 g/mol. The first-order valence-electron chi connectivity index (χ1n) is 8.36. The van der Waals surface area contributed by atoms with Crippen LogP contribution in [-0.4, -0.2) is 27.1 Å². The number of anilines is 1. The highest BCUT2D eigenvalue weighted by Gasteiger charge is 2.17. The summed E-state index contributed by atoms with van der Waals surface area (Å²) in [6, 6.07) is 8.34. The van der Waals surface area contributed by atoms with Gasteiger partial charge in [0.15, 0.2) is 5.16 Å². The Morgan fingerprint density at radius 2 is 2.21 bits per heavy atom. The first kappa shape index (κ1) is 18.3. The van der Waals surface area contributed by atoms with E-state index in [9.17, 15) is 0 Å². The van der Waals surface area contributed by atoms with E-state index in [0.29, 0.717) is 5.25 Å². The van der Waals surface area contributed by atoms with Crippen LogP contribution in [0.2, 0.25) is 0 Å². The van der Waals surface area contributed by atoms with Gasteiger partial charge >= 0.3 is 0 Å². The lowest BCUT2D eigenvalue weighted by atomic mass is 10.2. The average molecular weight is 343 g/mol. The van der Waals surface area contributed by atoms with Crippen LogP contribution >= 0.6 is 11.8 Å². The highest BCUT2D eigenvalue weighted by molar-refractivity contribution is 7.99. The van der Waals surface area contributed by atoms with Gasteiger partial charge in [0, 0.05) is 24.4 Å². The Morgan fingerprint density at radius 3 is 2.88 bits per heavy atom. The normalized spacial score (nSPS) is 12.5. The molecule has 0 spiro atoms. The third kappa shape index (κ3) is 4.51. The van der Waals surface area contributed by atoms with Crippen molar-refractivity contribution in [2.75, 3.05) is 12.4 Å². The first-order chi connectivity index (χ1) is 11.7. The molecule has 0 amide bonds. The standard InChI is InChI=1S/C19H26N4S/c1-5-9-17(10-6-2)24-19-22-21-18(11-7-3)23(19)16-13-8-12-15(14-16)20-4/h5-6,8,10,12-14,17,20H,1,7,9,11H2,2-4H3/b10-6+. The highest BCUT2D eigenvalue weighted by Crippen LogP contribution is 2.29. The number of nitrogens with one attached hydrogen (secondary N) is 1. The Bertz CT molecular complexity index is 690. The Morgan fingerprint density at radius 1 is 1.38 bits per heavy atom. The molecular weight excluding hydrogens is 316 g/mol. The van der Waals surface area contributed by atoms with Crippen LogP contribution in [0.5, 0.6) is 0 Å². The van der Waals surface area contributed by atoms with E-state index in [4.69, 9.17) is 0 Å². The number of hydrogen-bond donors (Lipinski definition) is 1. The summed E-state index contributed by atoms with van der Waals surface area (Å²) in [6.45, 7) is 8.07. The molecule has 0 saturated heterocycles. The van der Waals surface area contributed by atoms with Gasteiger partial charge in [-0.25, -0.2) is 0 Å². The van der Waals surface area contributed by atoms with E-state index in [1.54, 1.807) is 11.8 Å². The SMILES string of the molecule is C=CCC(/C=C/C)Sc1nnc(CCC)n1-c1cccc(NC)c1. The lowest BCUT2D eigenvalue weighted by Crippen LogP contribution is -2.06. The van der Waals surface area contributed by atoms with Crippen molar-refractivity contribution in [1.29, 1.82) is 0 Å². The third-order valence-corrected chi connectivity index (χ3v) is 4.76. The summed E-state index contributed by atoms with van der Waals surface area (Å²) in [5.41, 5.74) is 2.17. The smallest absolute Gasteiger partial charge is 0.196 e. The van der Waals surface area contributed by atoms with E-state index < -0.39 is 0 Å². The van der Waals surface area contributed by atoms with Crippen molar-refractivity contribution in [3.63, 3.8) is 0 Å². The van der Waals surface area contributed by atoms with Crippen molar-refractivity contribution in [3.05, 3.63) is 54.9 Å². The van der Waals surface area contributed by atoms with E-state index in [2.05, 4.69) is 70.0 Å². The van der Waals surface area contributed by atoms with Gasteiger partial charge in [-0.1, -0.05) is 43.0 Å². The van der Waals surface area contributed by atoms with Gasteiger partial charge in [-0.2, -0.15) is 0 Å². The zero-order valence-electron chi connectivity index (χ0n) is 14.7. The van der Waals surface area contributed by atoms with E-state index >= 15 is 0 Å². The van der Waals surface area contributed by atoms with Crippen molar-refractivity contribution in [2.24, 2.45) is 0 Å². The van der Waals surface area contributed by atoms with E-state index in [1.807, 2.05) is 20.0 Å². The molecule has 0 aliphatic heterocycles. The molecule has 1 aromatic heterocycles. The number of benzene rings is 1. The molecule has 0 aliphatic carbocycles. The van der Waals surface area contributed by atoms with Gasteiger partial charge in [-0.05, 0) is 38.0 Å². The van der Waals surface area contributed by atoms with Gasteiger partial charge in [-0.15, -0.1) is 16.8 Å². The quantitative estimate of drug-likeness (QED) is 0.521. The summed E-state index contributed by atoms with van der Waals surface area (Å²) >= 11 is 1.73. The van der Waals surface area contributed by atoms with Crippen LogP contribution in [0.15, 0.2) is 54.2 Å². The molecule has 2 rings (SSSR count). The number of thioether (sulfide) groups is 1. The zero-order valence-corrected chi connectivity index (χ0v) is 15.5. The molecule has 0 saturated carbocycles. The molecule has 1 N–H and O–H groups in total. The molecule has 128 valence electrons. The number of nitrogens with zero attached hydrogens (tertiary/aromatic N) is 3. The van der Waals surface area contributed by atoms with Gasteiger partial charge in [0.1, 0.15) is 5.82 Å². The number of rotatable bonds is 9. The molecule has 1 unspecified atom stereocenters. The lowest BCUT2D eigenvalue weighted by molar-refractivity contribution is 0.783. The van der Waals surface area contributed by atoms with E-state index in [-0.39, 0.29) is 0 Å². The van der Waals surface area contributed by atoms with Gasteiger partial charge in [0.25, 0.3) is 0 Å². The summed E-state index contributed by atoms with van der Waals surface area (Å²) < 4.78 is 2.18. The van der Waals surface area contributed by atoms with E-state index in [0.717, 1.165) is 41.6 Å². The second-order valence-corrected chi connectivity index (χ2v) is 6.70. The molecule has 0 aliphatic rings. The number of hydrogen-bond acceptors (Lipinski definition) is 4. The van der Waals surface area contributed by atoms with Crippen molar-refractivity contribution >= 4 is 17.4 Å². The van der Waals surface area contributed by atoms with Crippen molar-refractivity contribution in [2.45, 2.75) is 43.5 Å². The molecule has 5 heteroatoms. The maximum absolute atomic E-state index is 4.46. The molecule has 1 heterocycles. The molecule has 0 fully saturated rings. The minimum absolute atomic E-state index is 0.317. The van der Waals surface area contributed by atoms with Gasteiger partial charge in [0.05, 0.1) is 5.69 Å². The van der Waals surface area contributed by atoms with E-state index in [1.165, 1.54) is 0 Å². The Kier molecular flexibility index (Phi) is 7.12. The molecule has 0 radical (unpaired) electrons. The van der Waals surface area contributed by atoms with Crippen molar-refractivity contribution in [3.8, 4) is 5.69 Å². The number of allylic oxidation sites excluding steroid dienone is 2. The van der Waals surface area contributed by atoms with Crippen LogP contribution in [0.25, 0.3) is 5.69 Å². The van der Waals surface area contributed by atoms with Crippen molar-refractivity contribution < 1.29 is 0 Å². The Balaban J connectivity index is 2.43. The maximum atomic E-state index is 4.46. The summed E-state index contributed by atoms with van der Waals surface area (Å²) in [7, 11) is 1.93. The lowest BCUT2D eigenvalue weighted by Gasteiger charge is -2.14. The fourth-order valence-corrected chi connectivity index (χ4v) is 3.65. The second kappa shape index (κ2) is 9.33. The number of aryl methyl sites for hydroxylation is 1. The van der Waals surface area contributed by atoms with Crippen LogP contribution < -0.4 is 5.32 Å². The largest absolute Gasteiger partial charge is 0.388 e. The summed E-state index contributed by atoms with van der Waals surface area (Å²) in [6.07, 6.45) is 9.08. The van der Waals surface area contributed by atoms with Crippen molar-refractivity contribution in [1.82, 2.24) is 14.8 Å². The minimum atomic E-state index is 0.317. The zero-order chi connectivity index (χ0) is 17.4. The van der Waals surface area contributed by atoms with Gasteiger partial charge in [0.2, 0.25) is 0 Å². The fraction of sp³-hybridized carbons (Fsp3) is 0.368.